The van der Waals surface area contributed by atoms with Gasteiger partial charge in [0.05, 0.1) is 24.7 Å². The van der Waals surface area contributed by atoms with E-state index in [1.807, 2.05) is 0 Å². The molecule has 0 spiro atoms. The molecule has 7 heteroatoms. The second kappa shape index (κ2) is 6.07. The molecule has 0 saturated carbocycles. The number of thiophene rings is 1. The average molecular weight is 313 g/mol. The van der Waals surface area contributed by atoms with E-state index >= 15 is 0 Å². The Morgan fingerprint density at radius 1 is 1.29 bits per heavy atom. The molecule has 5 nitrogen and oxygen atoms in total. The molecule has 0 radical (unpaired) electrons. The van der Waals surface area contributed by atoms with Crippen LogP contribution in [-0.2, 0) is 0 Å². The van der Waals surface area contributed by atoms with Crippen LogP contribution in [0, 0.1) is 12.7 Å². The average Bonchev–Trinajstić information content (AvgIpc) is 2.83. The van der Waals surface area contributed by atoms with E-state index in [1.165, 1.54) is 6.07 Å². The minimum absolute atomic E-state index is 0.287. The van der Waals surface area contributed by atoms with Gasteiger partial charge in [0.25, 0.3) is 5.91 Å². The smallest absolute Gasteiger partial charge is 0.262 e. The van der Waals surface area contributed by atoms with Gasteiger partial charge in [0.2, 0.25) is 0 Å². The highest BCUT2D eigenvalue weighted by atomic mass is 32.1. The first-order valence-corrected chi connectivity index (χ1v) is 7.12. The predicted molar refractivity (Wildman–Crippen MR) is 78.0 cm³/mol. The maximum Gasteiger partial charge on any atom is 0.262 e. The Hall–Kier alpha value is -1.54. The zero-order chi connectivity index (χ0) is 15.6. The molecule has 0 atom stereocenters. The fourth-order valence-corrected chi connectivity index (χ4v) is 3.15. The van der Waals surface area contributed by atoms with Crippen LogP contribution in [0.1, 0.15) is 15.2 Å². The number of rotatable bonds is 5. The van der Waals surface area contributed by atoms with Crippen molar-refractivity contribution < 1.29 is 24.5 Å². The Morgan fingerprint density at radius 2 is 1.90 bits per heavy atom. The highest BCUT2D eigenvalue weighted by Gasteiger charge is 2.31. The van der Waals surface area contributed by atoms with E-state index in [-0.39, 0.29) is 4.88 Å². The van der Waals surface area contributed by atoms with Crippen molar-refractivity contribution >= 4 is 27.3 Å². The van der Waals surface area contributed by atoms with Crippen molar-refractivity contribution in [1.82, 2.24) is 5.32 Å². The number of hydrogen-bond acceptors (Lipinski definition) is 5. The van der Waals surface area contributed by atoms with Gasteiger partial charge in [-0.3, -0.25) is 4.79 Å². The molecular weight excluding hydrogens is 297 g/mol. The Labute approximate surface area is 124 Å². The Balaban J connectivity index is 2.41. The summed E-state index contributed by atoms with van der Waals surface area (Å²) < 4.78 is 14.5. The van der Waals surface area contributed by atoms with Crippen molar-refractivity contribution in [1.29, 1.82) is 0 Å². The summed E-state index contributed by atoms with van der Waals surface area (Å²) in [6.07, 6.45) is 0. The summed E-state index contributed by atoms with van der Waals surface area (Å²) >= 11 is 1.12. The second-order valence-corrected chi connectivity index (χ2v) is 5.93. The highest BCUT2D eigenvalue weighted by Crippen LogP contribution is 2.32. The molecule has 0 fully saturated rings. The molecule has 114 valence electrons. The van der Waals surface area contributed by atoms with Gasteiger partial charge in [-0.05, 0) is 24.6 Å². The van der Waals surface area contributed by atoms with Crippen LogP contribution in [0.5, 0.6) is 0 Å². The molecule has 0 aliphatic heterocycles. The number of carbonyl (C=O) groups is 1. The summed E-state index contributed by atoms with van der Waals surface area (Å²) in [6, 6.07) is 4.60. The van der Waals surface area contributed by atoms with Crippen molar-refractivity contribution in [2.24, 2.45) is 0 Å². The molecule has 2 aromatic rings. The van der Waals surface area contributed by atoms with E-state index in [0.717, 1.165) is 11.3 Å². The topological polar surface area (TPSA) is 89.8 Å². The van der Waals surface area contributed by atoms with Crippen molar-refractivity contribution in [3.05, 3.63) is 34.5 Å². The minimum atomic E-state index is -1.50. The predicted octanol–water partition coefficient (Wildman–Crippen LogP) is 0.794. The summed E-state index contributed by atoms with van der Waals surface area (Å²) in [5.74, 6) is -0.969. The summed E-state index contributed by atoms with van der Waals surface area (Å²) in [5, 5.41) is 30.5. The maximum absolute atomic E-state index is 13.8. The third kappa shape index (κ3) is 2.77. The molecule has 0 unspecified atom stereocenters. The van der Waals surface area contributed by atoms with E-state index in [9.17, 15) is 24.5 Å². The summed E-state index contributed by atoms with van der Waals surface area (Å²) in [6.45, 7) is -0.187. The number of aryl methyl sites for hydroxylation is 1. The van der Waals surface area contributed by atoms with Crippen molar-refractivity contribution in [3.8, 4) is 0 Å². The lowest BCUT2D eigenvalue weighted by molar-refractivity contribution is 0.0377. The fraction of sp³-hybridized carbons (Fsp3) is 0.357. The van der Waals surface area contributed by atoms with Crippen LogP contribution < -0.4 is 5.32 Å². The Kier molecular flexibility index (Phi) is 4.58. The Morgan fingerprint density at radius 3 is 2.43 bits per heavy atom. The van der Waals surface area contributed by atoms with E-state index in [4.69, 9.17) is 0 Å². The first-order valence-electron chi connectivity index (χ1n) is 6.30. The Bertz CT molecular complexity index is 658. The molecule has 4 N–H and O–H groups in total. The zero-order valence-electron chi connectivity index (χ0n) is 11.4. The van der Waals surface area contributed by atoms with Gasteiger partial charge in [0.1, 0.15) is 11.4 Å². The van der Waals surface area contributed by atoms with Crippen LogP contribution in [0.3, 0.4) is 0 Å². The number of aliphatic hydroxyl groups is 3. The number of carbonyl (C=O) groups excluding carboxylic acids is 1. The SMILES string of the molecule is Cc1c(C(=O)NC(CO)(CO)CO)sc2cccc(F)c12. The molecule has 0 aliphatic rings. The summed E-state index contributed by atoms with van der Waals surface area (Å²) in [5.41, 5.74) is -1.01. The monoisotopic (exact) mass is 313 g/mol. The number of nitrogens with one attached hydrogen (secondary N) is 1. The first kappa shape index (κ1) is 15.8. The first-order chi connectivity index (χ1) is 9.98. The standard InChI is InChI=1S/C14H16FNO4S/c1-8-11-9(15)3-2-4-10(11)21-12(8)13(20)16-14(5-17,6-18)7-19/h2-4,17-19H,5-7H2,1H3,(H,16,20). The normalized spacial score (nSPS) is 11.9. The highest BCUT2D eigenvalue weighted by molar-refractivity contribution is 7.21. The number of hydrogen-bond donors (Lipinski definition) is 4. The van der Waals surface area contributed by atoms with Crippen LogP contribution in [0.4, 0.5) is 4.39 Å². The van der Waals surface area contributed by atoms with Crippen LogP contribution in [-0.4, -0.2) is 46.6 Å². The molecule has 1 aromatic carbocycles. The van der Waals surface area contributed by atoms with Crippen molar-refractivity contribution in [2.45, 2.75) is 12.5 Å². The second-order valence-electron chi connectivity index (χ2n) is 4.88. The van der Waals surface area contributed by atoms with Gasteiger partial charge >= 0.3 is 0 Å². The van der Waals surface area contributed by atoms with E-state index in [0.29, 0.717) is 15.6 Å². The number of amides is 1. The van der Waals surface area contributed by atoms with E-state index < -0.39 is 37.1 Å². The van der Waals surface area contributed by atoms with Crippen LogP contribution in [0.2, 0.25) is 0 Å². The molecule has 1 heterocycles. The van der Waals surface area contributed by atoms with Crippen LogP contribution in [0.25, 0.3) is 10.1 Å². The zero-order valence-corrected chi connectivity index (χ0v) is 12.2. The fourth-order valence-electron chi connectivity index (χ4n) is 2.04. The third-order valence-electron chi connectivity index (χ3n) is 3.40. The summed E-state index contributed by atoms with van der Waals surface area (Å²) in [7, 11) is 0. The lowest BCUT2D eigenvalue weighted by atomic mass is 10.0. The summed E-state index contributed by atoms with van der Waals surface area (Å²) in [4.78, 5) is 12.6. The van der Waals surface area contributed by atoms with Gasteiger partial charge < -0.3 is 20.6 Å². The number of fused-ring (bicyclic) bond motifs is 1. The minimum Gasteiger partial charge on any atom is -0.394 e. The van der Waals surface area contributed by atoms with E-state index in [1.54, 1.807) is 19.1 Å². The van der Waals surface area contributed by atoms with Crippen LogP contribution in [0.15, 0.2) is 18.2 Å². The molecule has 2 rings (SSSR count). The number of benzene rings is 1. The van der Waals surface area contributed by atoms with Crippen molar-refractivity contribution in [2.75, 3.05) is 19.8 Å². The molecule has 0 bridgehead atoms. The van der Waals surface area contributed by atoms with Gasteiger partial charge in [-0.15, -0.1) is 11.3 Å². The molecule has 1 aromatic heterocycles. The largest absolute Gasteiger partial charge is 0.394 e. The van der Waals surface area contributed by atoms with E-state index in [2.05, 4.69) is 5.32 Å². The third-order valence-corrected chi connectivity index (χ3v) is 4.65. The molecular formula is C14H16FNO4S. The van der Waals surface area contributed by atoms with Crippen molar-refractivity contribution in [3.63, 3.8) is 0 Å². The molecule has 1 amide bonds. The van der Waals surface area contributed by atoms with Gasteiger partial charge in [-0.2, -0.15) is 0 Å². The van der Waals surface area contributed by atoms with Gasteiger partial charge in [-0.1, -0.05) is 6.07 Å². The maximum atomic E-state index is 13.8. The molecule has 21 heavy (non-hydrogen) atoms. The lowest BCUT2D eigenvalue weighted by Crippen LogP contribution is -2.57. The van der Waals surface area contributed by atoms with Gasteiger partial charge in [0.15, 0.2) is 0 Å². The lowest BCUT2D eigenvalue weighted by Gasteiger charge is -2.28. The molecule has 0 aliphatic carbocycles. The van der Waals surface area contributed by atoms with Gasteiger partial charge in [0, 0.05) is 10.1 Å². The quantitative estimate of drug-likeness (QED) is 0.657. The number of halogens is 1. The number of aliphatic hydroxyl groups excluding tert-OH is 3. The molecule has 0 saturated heterocycles. The van der Waals surface area contributed by atoms with Crippen LogP contribution >= 0.6 is 11.3 Å². The van der Waals surface area contributed by atoms with Gasteiger partial charge in [-0.25, -0.2) is 4.39 Å².